The number of aryl methyl sites for hydroxylation is 2. The molecule has 0 aliphatic heterocycles. The SMILES string of the molecule is CCCCCCc1ccc(-c2cc[n+](-c3ccc(-[n+]4ccc(-c5ccc(CCCCCC)cc5)cc4)c(N=Nc4ccc(N(CC)Cc5ccccc5)cc4)c3)cc2)cc1. The lowest BCUT2D eigenvalue weighted by molar-refractivity contribution is -0.598. The Balaban J connectivity index is 1.12. The van der Waals surface area contributed by atoms with Gasteiger partial charge in [-0.2, -0.15) is 14.2 Å². The summed E-state index contributed by atoms with van der Waals surface area (Å²) < 4.78 is 4.28. The fraction of sp³-hybridized carbons (Fsp3) is 0.273. The number of benzene rings is 5. The molecule has 0 unspecified atom stereocenters. The highest BCUT2D eigenvalue weighted by Crippen LogP contribution is 2.28. The summed E-state index contributed by atoms with van der Waals surface area (Å²) in [5.41, 5.74) is 13.7. The number of unbranched alkanes of at least 4 members (excludes halogenated alkanes) is 6. The monoisotopic (exact) mass is 791 g/mol. The molecule has 60 heavy (non-hydrogen) atoms. The van der Waals surface area contributed by atoms with Crippen LogP contribution in [0.1, 0.15) is 88.8 Å². The van der Waals surface area contributed by atoms with Crippen LogP contribution in [0.15, 0.2) is 181 Å². The van der Waals surface area contributed by atoms with Gasteiger partial charge in [0.2, 0.25) is 11.4 Å². The second-order valence-corrected chi connectivity index (χ2v) is 15.9. The predicted octanol–water partition coefficient (Wildman–Crippen LogP) is 14.3. The maximum absolute atomic E-state index is 4.91. The van der Waals surface area contributed by atoms with Gasteiger partial charge >= 0.3 is 0 Å². The number of anilines is 1. The molecule has 2 aromatic heterocycles. The first kappa shape index (κ1) is 41.9. The van der Waals surface area contributed by atoms with E-state index in [1.54, 1.807) is 0 Å². The van der Waals surface area contributed by atoms with Crippen LogP contribution in [0.25, 0.3) is 33.6 Å². The average Bonchev–Trinajstić information content (AvgIpc) is 3.31. The van der Waals surface area contributed by atoms with E-state index in [2.05, 4.69) is 205 Å². The normalized spacial score (nSPS) is 11.3. The smallest absolute Gasteiger partial charge is 0.238 e. The van der Waals surface area contributed by atoms with Gasteiger partial charge in [-0.25, -0.2) is 0 Å². The molecule has 0 aliphatic carbocycles. The van der Waals surface area contributed by atoms with E-state index in [0.717, 1.165) is 48.7 Å². The molecular formula is C55H61N5+2. The Labute approximate surface area is 358 Å². The van der Waals surface area contributed by atoms with Gasteiger partial charge in [0.25, 0.3) is 0 Å². The highest BCUT2D eigenvalue weighted by molar-refractivity contribution is 5.64. The third-order valence-electron chi connectivity index (χ3n) is 11.5. The fourth-order valence-electron chi connectivity index (χ4n) is 7.81. The second-order valence-electron chi connectivity index (χ2n) is 15.9. The summed E-state index contributed by atoms with van der Waals surface area (Å²) in [4.78, 5) is 2.37. The van der Waals surface area contributed by atoms with Gasteiger partial charge in [-0.15, -0.1) is 5.11 Å². The lowest BCUT2D eigenvalue weighted by atomic mass is 10.0. The van der Waals surface area contributed by atoms with Crippen LogP contribution in [-0.2, 0) is 19.4 Å². The molecule has 0 atom stereocenters. The third kappa shape index (κ3) is 11.5. The Kier molecular flexibility index (Phi) is 15.2. The number of pyridine rings is 2. The number of hydrogen-bond donors (Lipinski definition) is 0. The molecule has 7 rings (SSSR count). The zero-order chi connectivity index (χ0) is 41.4. The molecule has 0 fully saturated rings. The van der Waals surface area contributed by atoms with E-state index in [1.807, 2.05) is 0 Å². The van der Waals surface area contributed by atoms with Gasteiger partial charge in [0.1, 0.15) is 0 Å². The van der Waals surface area contributed by atoms with E-state index in [9.17, 15) is 0 Å². The van der Waals surface area contributed by atoms with E-state index in [4.69, 9.17) is 10.2 Å². The average molecular weight is 792 g/mol. The molecule has 304 valence electrons. The van der Waals surface area contributed by atoms with E-state index in [0.29, 0.717) is 0 Å². The van der Waals surface area contributed by atoms with Gasteiger partial charge in [0, 0.05) is 61.2 Å². The van der Waals surface area contributed by atoms with E-state index in [1.165, 1.54) is 96.0 Å². The summed E-state index contributed by atoms with van der Waals surface area (Å²) in [6.07, 6.45) is 21.1. The van der Waals surface area contributed by atoms with Crippen LogP contribution >= 0.6 is 0 Å². The first-order valence-corrected chi connectivity index (χ1v) is 22.3. The molecule has 2 heterocycles. The molecule has 0 radical (unpaired) electrons. The van der Waals surface area contributed by atoms with Crippen LogP contribution in [0.4, 0.5) is 17.1 Å². The molecule has 0 N–H and O–H groups in total. The van der Waals surface area contributed by atoms with Gasteiger partial charge in [0.15, 0.2) is 30.5 Å². The summed E-state index contributed by atoms with van der Waals surface area (Å²) in [6.45, 7) is 8.50. The largest absolute Gasteiger partial charge is 0.367 e. The van der Waals surface area contributed by atoms with Crippen LogP contribution in [0.3, 0.4) is 0 Å². The number of hydrogen-bond acceptors (Lipinski definition) is 3. The Bertz CT molecular complexity index is 2370. The number of azo groups is 1. The van der Waals surface area contributed by atoms with Crippen LogP contribution in [-0.4, -0.2) is 6.54 Å². The summed E-state index contributed by atoms with van der Waals surface area (Å²) in [7, 11) is 0. The lowest BCUT2D eigenvalue weighted by Crippen LogP contribution is -2.32. The lowest BCUT2D eigenvalue weighted by Gasteiger charge is -2.23. The minimum Gasteiger partial charge on any atom is -0.367 e. The fourth-order valence-corrected chi connectivity index (χ4v) is 7.81. The maximum atomic E-state index is 4.91. The van der Waals surface area contributed by atoms with Crippen molar-refractivity contribution in [3.8, 4) is 33.6 Å². The highest BCUT2D eigenvalue weighted by Gasteiger charge is 2.18. The topological polar surface area (TPSA) is 35.7 Å². The van der Waals surface area contributed by atoms with Crippen molar-refractivity contribution in [2.24, 2.45) is 10.2 Å². The number of aromatic nitrogens is 2. The van der Waals surface area contributed by atoms with Crippen LogP contribution in [0.2, 0.25) is 0 Å². The van der Waals surface area contributed by atoms with Crippen molar-refractivity contribution in [3.05, 3.63) is 187 Å². The molecular weight excluding hydrogens is 731 g/mol. The molecule has 7 aromatic rings. The second kappa shape index (κ2) is 21.7. The van der Waals surface area contributed by atoms with Crippen molar-refractivity contribution >= 4 is 17.1 Å². The molecule has 5 nitrogen and oxygen atoms in total. The molecule has 0 saturated carbocycles. The summed E-state index contributed by atoms with van der Waals surface area (Å²) >= 11 is 0. The molecule has 0 aliphatic rings. The summed E-state index contributed by atoms with van der Waals surface area (Å²) in [5, 5.41) is 9.69. The predicted molar refractivity (Wildman–Crippen MR) is 250 cm³/mol. The molecule has 0 saturated heterocycles. The summed E-state index contributed by atoms with van der Waals surface area (Å²) in [5.74, 6) is 0. The van der Waals surface area contributed by atoms with Crippen LogP contribution in [0, 0.1) is 0 Å². The third-order valence-corrected chi connectivity index (χ3v) is 11.5. The Morgan fingerprint density at radius 3 is 1.52 bits per heavy atom. The van der Waals surface area contributed by atoms with Gasteiger partial charge in [-0.1, -0.05) is 131 Å². The standard InChI is InChI=1S/C55H61N5/c1-4-7-9-12-16-44-20-24-47(25-21-44)49-34-38-59(39-35-49)53-32-33-55(60-40-36-50(37-41-60)48-26-22-45(23-27-48)17-13-10-8-5-2)54(42-53)57-56-51-28-30-52(31-29-51)58(6-3)43-46-18-14-11-15-19-46/h11,14-15,18-42H,4-10,12-13,16-17,43H2,1-3H3/q+2. The maximum Gasteiger partial charge on any atom is 0.238 e. The van der Waals surface area contributed by atoms with Crippen molar-refractivity contribution in [2.75, 3.05) is 11.4 Å². The van der Waals surface area contributed by atoms with Crippen molar-refractivity contribution in [1.29, 1.82) is 0 Å². The highest BCUT2D eigenvalue weighted by atomic mass is 15.1. The molecule has 0 amide bonds. The van der Waals surface area contributed by atoms with E-state index < -0.39 is 0 Å². The van der Waals surface area contributed by atoms with Gasteiger partial charge < -0.3 is 4.90 Å². The van der Waals surface area contributed by atoms with Crippen molar-refractivity contribution in [1.82, 2.24) is 0 Å². The van der Waals surface area contributed by atoms with Gasteiger partial charge in [-0.3, -0.25) is 0 Å². The minimum atomic E-state index is 0.784. The van der Waals surface area contributed by atoms with Crippen molar-refractivity contribution in [3.63, 3.8) is 0 Å². The summed E-state index contributed by atoms with van der Waals surface area (Å²) in [6, 6.07) is 52.3. The molecule has 5 aromatic carbocycles. The Hall–Kier alpha value is -6.20. The molecule has 0 bridgehead atoms. The van der Waals surface area contributed by atoms with E-state index in [-0.39, 0.29) is 0 Å². The Morgan fingerprint density at radius 1 is 0.450 bits per heavy atom. The van der Waals surface area contributed by atoms with Gasteiger partial charge in [-0.05, 0) is 95.8 Å². The number of rotatable bonds is 20. The van der Waals surface area contributed by atoms with Crippen molar-refractivity contribution in [2.45, 2.75) is 91.5 Å². The molecule has 0 spiro atoms. The first-order valence-electron chi connectivity index (χ1n) is 22.3. The quantitative estimate of drug-likeness (QED) is 0.0430. The number of nitrogens with zero attached hydrogens (tertiary/aromatic N) is 5. The van der Waals surface area contributed by atoms with Crippen LogP contribution in [0.5, 0.6) is 0 Å². The zero-order valence-corrected chi connectivity index (χ0v) is 35.9. The van der Waals surface area contributed by atoms with Gasteiger partial charge in [0.05, 0.1) is 5.69 Å². The Morgan fingerprint density at radius 2 is 0.983 bits per heavy atom. The van der Waals surface area contributed by atoms with Crippen molar-refractivity contribution < 1.29 is 9.13 Å². The molecule has 5 heteroatoms. The van der Waals surface area contributed by atoms with Crippen LogP contribution < -0.4 is 14.0 Å². The van der Waals surface area contributed by atoms with E-state index >= 15 is 0 Å². The zero-order valence-electron chi connectivity index (χ0n) is 35.9. The minimum absolute atomic E-state index is 0.784. The first-order chi connectivity index (χ1) is 29.6.